The summed E-state index contributed by atoms with van der Waals surface area (Å²) in [5.74, 6) is 1.43. The molecule has 1 aromatic rings. The van der Waals surface area contributed by atoms with Crippen molar-refractivity contribution in [1.29, 1.82) is 0 Å². The lowest BCUT2D eigenvalue weighted by molar-refractivity contribution is 0.185. The summed E-state index contributed by atoms with van der Waals surface area (Å²) in [5, 5.41) is 0. The van der Waals surface area contributed by atoms with Gasteiger partial charge in [0.2, 0.25) is 10.0 Å². The van der Waals surface area contributed by atoms with Crippen LogP contribution in [0.25, 0.3) is 0 Å². The molecular weight excluding hydrogens is 276 g/mol. The Bertz CT molecular complexity index is 511. The van der Waals surface area contributed by atoms with Crippen LogP contribution in [0, 0.1) is 5.92 Å². The van der Waals surface area contributed by atoms with Gasteiger partial charge in [-0.1, -0.05) is 6.92 Å². The van der Waals surface area contributed by atoms with Crippen LogP contribution in [-0.2, 0) is 10.0 Å². The summed E-state index contributed by atoms with van der Waals surface area (Å²) in [6.45, 7) is 3.29. The van der Waals surface area contributed by atoms with Crippen LogP contribution in [0.3, 0.4) is 0 Å². The zero-order valence-electron chi connectivity index (χ0n) is 12.4. The zero-order valence-corrected chi connectivity index (χ0v) is 13.3. The smallest absolute Gasteiger partial charge is 0.216 e. The van der Waals surface area contributed by atoms with E-state index in [4.69, 9.17) is 4.42 Å². The Labute approximate surface area is 121 Å². The van der Waals surface area contributed by atoms with E-state index in [1.807, 2.05) is 31.1 Å². The van der Waals surface area contributed by atoms with Crippen LogP contribution in [0.2, 0.25) is 0 Å². The van der Waals surface area contributed by atoms with Gasteiger partial charge in [0.1, 0.15) is 5.76 Å². The van der Waals surface area contributed by atoms with Gasteiger partial charge in [0.05, 0.1) is 18.1 Å². The number of sulfonamides is 1. The van der Waals surface area contributed by atoms with E-state index < -0.39 is 10.0 Å². The van der Waals surface area contributed by atoms with Gasteiger partial charge in [-0.2, -0.15) is 4.31 Å². The molecule has 0 saturated carbocycles. The van der Waals surface area contributed by atoms with Gasteiger partial charge in [-0.3, -0.25) is 0 Å². The fourth-order valence-corrected chi connectivity index (χ4v) is 4.40. The van der Waals surface area contributed by atoms with E-state index in [1.54, 1.807) is 10.6 Å². The fourth-order valence-electron chi connectivity index (χ4n) is 2.61. The molecule has 5 nitrogen and oxygen atoms in total. The van der Waals surface area contributed by atoms with E-state index in [2.05, 4.69) is 6.92 Å². The molecule has 114 valence electrons. The minimum atomic E-state index is -3.25. The summed E-state index contributed by atoms with van der Waals surface area (Å²) in [6, 6.07) is 3.54. The maximum absolute atomic E-state index is 12.6. The lowest BCUT2D eigenvalue weighted by atomic mass is 9.93. The summed E-state index contributed by atoms with van der Waals surface area (Å²) in [4.78, 5) is 1.89. The van der Waals surface area contributed by atoms with Crippen LogP contribution in [0.1, 0.15) is 31.6 Å². The lowest BCUT2D eigenvalue weighted by Crippen LogP contribution is -2.43. The van der Waals surface area contributed by atoms with Gasteiger partial charge >= 0.3 is 0 Å². The number of furan rings is 1. The molecule has 0 aliphatic carbocycles. The third-order valence-corrected chi connectivity index (χ3v) is 5.69. The first-order valence-corrected chi connectivity index (χ1v) is 8.68. The van der Waals surface area contributed by atoms with Crippen LogP contribution in [-0.4, -0.2) is 50.6 Å². The van der Waals surface area contributed by atoms with Gasteiger partial charge in [-0.15, -0.1) is 0 Å². The van der Waals surface area contributed by atoms with Crippen molar-refractivity contribution in [2.75, 3.05) is 32.9 Å². The molecule has 0 bridgehead atoms. The molecule has 0 amide bonds. The van der Waals surface area contributed by atoms with Gasteiger partial charge < -0.3 is 9.32 Å². The molecule has 0 N–H and O–H groups in total. The Morgan fingerprint density at radius 3 is 2.80 bits per heavy atom. The average Bonchev–Trinajstić information content (AvgIpc) is 2.90. The number of hydrogen-bond donors (Lipinski definition) is 0. The first-order chi connectivity index (χ1) is 9.40. The lowest BCUT2D eigenvalue weighted by Gasteiger charge is -2.36. The fraction of sp³-hybridized carbons (Fsp3) is 0.714. The minimum absolute atomic E-state index is 0.152. The Hall–Kier alpha value is -0.850. The van der Waals surface area contributed by atoms with E-state index in [1.165, 1.54) is 0 Å². The highest BCUT2D eigenvalue weighted by Gasteiger charge is 2.36. The standard InChI is InChI=1S/C14H24N2O3S/c1-12-6-7-16(20(17,18)10-8-15(2)3)13(11-12)14-5-4-9-19-14/h4-5,9,12-13H,6-8,10-11H2,1-3H3. The highest BCUT2D eigenvalue weighted by Crippen LogP contribution is 2.36. The zero-order chi connectivity index (χ0) is 14.8. The molecular formula is C14H24N2O3S. The quantitative estimate of drug-likeness (QED) is 0.834. The molecule has 2 heterocycles. The maximum atomic E-state index is 12.6. The van der Waals surface area contributed by atoms with Crippen molar-refractivity contribution < 1.29 is 12.8 Å². The third kappa shape index (κ3) is 3.62. The Morgan fingerprint density at radius 2 is 2.20 bits per heavy atom. The predicted octanol–water partition coefficient (Wildman–Crippen LogP) is 1.94. The molecule has 0 spiro atoms. The number of nitrogens with zero attached hydrogens (tertiary/aromatic N) is 2. The first-order valence-electron chi connectivity index (χ1n) is 7.08. The van der Waals surface area contributed by atoms with Crippen molar-refractivity contribution in [1.82, 2.24) is 9.21 Å². The highest BCUT2D eigenvalue weighted by atomic mass is 32.2. The van der Waals surface area contributed by atoms with Crippen molar-refractivity contribution in [3.63, 3.8) is 0 Å². The van der Waals surface area contributed by atoms with Crippen LogP contribution in [0.5, 0.6) is 0 Å². The van der Waals surface area contributed by atoms with Crippen molar-refractivity contribution in [3.8, 4) is 0 Å². The number of piperidine rings is 1. The Balaban J connectivity index is 2.19. The average molecular weight is 300 g/mol. The second kappa shape index (κ2) is 6.28. The van der Waals surface area contributed by atoms with Gasteiger partial charge in [0.15, 0.2) is 0 Å². The molecule has 1 aliphatic rings. The van der Waals surface area contributed by atoms with Crippen molar-refractivity contribution in [2.45, 2.75) is 25.8 Å². The van der Waals surface area contributed by atoms with Gasteiger partial charge in [-0.25, -0.2) is 8.42 Å². The molecule has 2 unspecified atom stereocenters. The Morgan fingerprint density at radius 1 is 1.45 bits per heavy atom. The van der Waals surface area contributed by atoms with E-state index in [-0.39, 0.29) is 11.8 Å². The second-order valence-corrected chi connectivity index (χ2v) is 7.93. The van der Waals surface area contributed by atoms with E-state index >= 15 is 0 Å². The number of rotatable bonds is 5. The SMILES string of the molecule is CC1CCN(S(=O)(=O)CCN(C)C)C(c2ccco2)C1. The molecule has 1 aromatic heterocycles. The molecule has 6 heteroatoms. The predicted molar refractivity (Wildman–Crippen MR) is 78.9 cm³/mol. The van der Waals surface area contributed by atoms with Crippen LogP contribution in [0.4, 0.5) is 0 Å². The van der Waals surface area contributed by atoms with Crippen molar-refractivity contribution >= 4 is 10.0 Å². The van der Waals surface area contributed by atoms with Gasteiger partial charge in [0.25, 0.3) is 0 Å². The van der Waals surface area contributed by atoms with Crippen molar-refractivity contribution in [3.05, 3.63) is 24.2 Å². The molecule has 1 saturated heterocycles. The third-order valence-electron chi connectivity index (χ3n) is 3.84. The van der Waals surface area contributed by atoms with Gasteiger partial charge in [0, 0.05) is 13.1 Å². The number of hydrogen-bond acceptors (Lipinski definition) is 4. The molecule has 0 aromatic carbocycles. The van der Waals surface area contributed by atoms with E-state index in [0.717, 1.165) is 18.6 Å². The molecule has 2 rings (SSSR count). The summed E-state index contributed by atoms with van der Waals surface area (Å²) in [6.07, 6.45) is 3.35. The molecule has 20 heavy (non-hydrogen) atoms. The normalized spacial score (nSPS) is 25.2. The van der Waals surface area contributed by atoms with E-state index in [9.17, 15) is 8.42 Å². The minimum Gasteiger partial charge on any atom is -0.468 e. The maximum Gasteiger partial charge on any atom is 0.216 e. The summed E-state index contributed by atoms with van der Waals surface area (Å²) in [5.41, 5.74) is 0. The summed E-state index contributed by atoms with van der Waals surface area (Å²) in [7, 11) is 0.528. The largest absolute Gasteiger partial charge is 0.468 e. The van der Waals surface area contributed by atoms with E-state index in [0.29, 0.717) is 19.0 Å². The Kier molecular flexibility index (Phi) is 4.88. The molecule has 0 radical (unpaired) electrons. The molecule has 1 aliphatic heterocycles. The van der Waals surface area contributed by atoms with Crippen molar-refractivity contribution in [2.24, 2.45) is 5.92 Å². The van der Waals surface area contributed by atoms with Gasteiger partial charge in [-0.05, 0) is 45.0 Å². The monoisotopic (exact) mass is 300 g/mol. The first kappa shape index (κ1) is 15.5. The topological polar surface area (TPSA) is 53.8 Å². The molecule has 2 atom stereocenters. The molecule has 1 fully saturated rings. The highest BCUT2D eigenvalue weighted by molar-refractivity contribution is 7.89. The summed E-state index contributed by atoms with van der Waals surface area (Å²) < 4.78 is 32.2. The second-order valence-electron chi connectivity index (χ2n) is 5.89. The van der Waals surface area contributed by atoms with Crippen LogP contribution >= 0.6 is 0 Å². The summed E-state index contributed by atoms with van der Waals surface area (Å²) >= 11 is 0. The van der Waals surface area contributed by atoms with Crippen LogP contribution < -0.4 is 0 Å². The van der Waals surface area contributed by atoms with Crippen LogP contribution in [0.15, 0.2) is 22.8 Å².